The minimum absolute atomic E-state index is 0.389. The molecule has 0 spiro atoms. The number of aryl methyl sites for hydroxylation is 1. The third kappa shape index (κ3) is 2.94. The summed E-state index contributed by atoms with van der Waals surface area (Å²) in [6, 6.07) is 3.65. The van der Waals surface area contributed by atoms with Crippen molar-refractivity contribution in [3.05, 3.63) is 23.5 Å². The first-order chi connectivity index (χ1) is 7.04. The number of methoxy groups -OCH3 is 1. The molecule has 1 aromatic rings. The molecular weight excluding hydrogens is 194 g/mol. The zero-order valence-electron chi connectivity index (χ0n) is 9.15. The molecule has 0 bridgehead atoms. The van der Waals surface area contributed by atoms with Crippen LogP contribution < -0.4 is 4.74 Å². The quantitative estimate of drug-likeness (QED) is 0.819. The van der Waals surface area contributed by atoms with Gasteiger partial charge in [0.2, 0.25) is 0 Å². The van der Waals surface area contributed by atoms with Gasteiger partial charge in [-0.1, -0.05) is 6.92 Å². The molecule has 4 nitrogen and oxygen atoms in total. The van der Waals surface area contributed by atoms with Crippen molar-refractivity contribution < 1.29 is 14.6 Å². The number of carbonyl (C=O) groups is 1. The summed E-state index contributed by atoms with van der Waals surface area (Å²) in [5, 5.41) is 8.81. The van der Waals surface area contributed by atoms with Crippen LogP contribution in [0.2, 0.25) is 0 Å². The molecule has 0 saturated carbocycles. The van der Waals surface area contributed by atoms with E-state index in [0.717, 1.165) is 5.69 Å². The molecule has 1 unspecified atom stereocenters. The van der Waals surface area contributed by atoms with Crippen LogP contribution in [-0.2, 0) is 11.2 Å². The molecule has 0 aromatic carbocycles. The van der Waals surface area contributed by atoms with Crippen LogP contribution in [0.25, 0.3) is 0 Å². The van der Waals surface area contributed by atoms with Gasteiger partial charge in [0.1, 0.15) is 5.75 Å². The zero-order chi connectivity index (χ0) is 11.4. The second-order valence-electron chi connectivity index (χ2n) is 3.54. The average Bonchev–Trinajstić information content (AvgIpc) is 2.18. The Balaban J connectivity index is 2.91. The van der Waals surface area contributed by atoms with E-state index in [-0.39, 0.29) is 0 Å². The van der Waals surface area contributed by atoms with Gasteiger partial charge in [-0.15, -0.1) is 0 Å². The molecule has 4 heteroatoms. The van der Waals surface area contributed by atoms with Crippen molar-refractivity contribution in [3.8, 4) is 5.75 Å². The molecule has 0 saturated heterocycles. The molecule has 1 N–H and O–H groups in total. The third-order valence-electron chi connectivity index (χ3n) is 2.21. The summed E-state index contributed by atoms with van der Waals surface area (Å²) in [5.41, 5.74) is 1.57. The van der Waals surface area contributed by atoms with E-state index in [1.807, 2.05) is 19.1 Å². The van der Waals surface area contributed by atoms with Gasteiger partial charge in [-0.2, -0.15) is 0 Å². The fourth-order valence-corrected chi connectivity index (χ4v) is 1.31. The maximum Gasteiger partial charge on any atom is 0.306 e. The number of hydrogen-bond donors (Lipinski definition) is 1. The first-order valence-electron chi connectivity index (χ1n) is 4.78. The normalized spacial score (nSPS) is 12.2. The minimum atomic E-state index is -0.819. The van der Waals surface area contributed by atoms with Gasteiger partial charge in [0, 0.05) is 12.1 Å². The van der Waals surface area contributed by atoms with Crippen LogP contribution in [0.4, 0.5) is 0 Å². The fraction of sp³-hybridized carbons (Fsp3) is 0.455. The van der Waals surface area contributed by atoms with Crippen molar-refractivity contribution in [2.45, 2.75) is 20.3 Å². The highest BCUT2D eigenvalue weighted by Crippen LogP contribution is 2.19. The molecule has 1 atom stereocenters. The largest absolute Gasteiger partial charge is 0.495 e. The van der Waals surface area contributed by atoms with E-state index >= 15 is 0 Å². The monoisotopic (exact) mass is 209 g/mol. The molecule has 82 valence electrons. The number of rotatable bonds is 4. The Morgan fingerprint density at radius 1 is 1.60 bits per heavy atom. The molecule has 0 amide bonds. The first-order valence-corrected chi connectivity index (χ1v) is 4.78. The van der Waals surface area contributed by atoms with Gasteiger partial charge in [0.05, 0.1) is 18.7 Å². The second-order valence-corrected chi connectivity index (χ2v) is 3.54. The molecule has 0 aliphatic heterocycles. The van der Waals surface area contributed by atoms with Crippen LogP contribution in [-0.4, -0.2) is 23.2 Å². The lowest BCUT2D eigenvalue weighted by atomic mass is 10.0. The summed E-state index contributed by atoms with van der Waals surface area (Å²) in [6.45, 7) is 3.53. The molecule has 0 aliphatic rings. The van der Waals surface area contributed by atoms with E-state index in [0.29, 0.717) is 17.9 Å². The Labute approximate surface area is 88.9 Å². The predicted molar refractivity (Wildman–Crippen MR) is 56.0 cm³/mol. The number of aliphatic carboxylic acids is 1. The van der Waals surface area contributed by atoms with Crippen LogP contribution in [0.1, 0.15) is 18.3 Å². The van der Waals surface area contributed by atoms with Gasteiger partial charge < -0.3 is 9.84 Å². The number of ether oxygens (including phenoxy) is 1. The summed E-state index contributed by atoms with van der Waals surface area (Å²) in [4.78, 5) is 15.0. The maximum atomic E-state index is 10.7. The lowest BCUT2D eigenvalue weighted by Crippen LogP contribution is -2.14. The average molecular weight is 209 g/mol. The Bertz CT molecular complexity index is 363. The summed E-state index contributed by atoms with van der Waals surface area (Å²) in [7, 11) is 1.56. The van der Waals surface area contributed by atoms with E-state index in [4.69, 9.17) is 9.84 Å². The summed E-state index contributed by atoms with van der Waals surface area (Å²) < 4.78 is 5.13. The van der Waals surface area contributed by atoms with Gasteiger partial charge in [0.25, 0.3) is 0 Å². The third-order valence-corrected chi connectivity index (χ3v) is 2.21. The van der Waals surface area contributed by atoms with E-state index in [1.54, 1.807) is 14.0 Å². The van der Waals surface area contributed by atoms with Crippen LogP contribution in [0.15, 0.2) is 12.1 Å². The molecule has 1 aromatic heterocycles. The minimum Gasteiger partial charge on any atom is -0.495 e. The van der Waals surface area contributed by atoms with E-state index in [1.165, 1.54) is 0 Å². The van der Waals surface area contributed by atoms with E-state index < -0.39 is 11.9 Å². The standard InChI is InChI=1S/C11H15NO3/c1-7(11(13)14)6-9-10(15-3)5-4-8(2)12-9/h4-5,7H,6H2,1-3H3,(H,13,14). The highest BCUT2D eigenvalue weighted by molar-refractivity contribution is 5.69. The summed E-state index contributed by atoms with van der Waals surface area (Å²) >= 11 is 0. The van der Waals surface area contributed by atoms with Gasteiger partial charge >= 0.3 is 5.97 Å². The number of nitrogens with zero attached hydrogens (tertiary/aromatic N) is 1. The maximum absolute atomic E-state index is 10.7. The smallest absolute Gasteiger partial charge is 0.306 e. The molecule has 0 aliphatic carbocycles. The molecule has 1 heterocycles. The van der Waals surface area contributed by atoms with Crippen molar-refractivity contribution in [1.29, 1.82) is 0 Å². The highest BCUT2D eigenvalue weighted by atomic mass is 16.5. The van der Waals surface area contributed by atoms with E-state index in [2.05, 4.69) is 4.98 Å². The summed E-state index contributed by atoms with van der Waals surface area (Å²) in [6.07, 6.45) is 0.389. The Morgan fingerprint density at radius 3 is 2.80 bits per heavy atom. The van der Waals surface area contributed by atoms with Crippen LogP contribution in [0.5, 0.6) is 5.75 Å². The number of pyridine rings is 1. The van der Waals surface area contributed by atoms with Crippen molar-refractivity contribution in [1.82, 2.24) is 4.98 Å². The molecule has 0 radical (unpaired) electrons. The van der Waals surface area contributed by atoms with Gasteiger partial charge in [-0.3, -0.25) is 9.78 Å². The first kappa shape index (κ1) is 11.5. The van der Waals surface area contributed by atoms with E-state index in [9.17, 15) is 4.79 Å². The molecule has 15 heavy (non-hydrogen) atoms. The lowest BCUT2D eigenvalue weighted by Gasteiger charge is -2.10. The van der Waals surface area contributed by atoms with Crippen molar-refractivity contribution in [2.24, 2.45) is 5.92 Å². The Hall–Kier alpha value is -1.58. The Morgan fingerprint density at radius 2 is 2.27 bits per heavy atom. The van der Waals surface area contributed by atoms with Crippen molar-refractivity contribution in [2.75, 3.05) is 7.11 Å². The topological polar surface area (TPSA) is 59.4 Å². The van der Waals surface area contributed by atoms with Crippen LogP contribution in [0.3, 0.4) is 0 Å². The molecular formula is C11H15NO3. The second kappa shape index (κ2) is 4.77. The lowest BCUT2D eigenvalue weighted by molar-refractivity contribution is -0.141. The SMILES string of the molecule is COc1ccc(C)nc1CC(C)C(=O)O. The fourth-order valence-electron chi connectivity index (χ4n) is 1.31. The number of carboxylic acid groups (broad SMARTS) is 1. The van der Waals surface area contributed by atoms with Crippen molar-refractivity contribution >= 4 is 5.97 Å². The predicted octanol–water partition coefficient (Wildman–Crippen LogP) is 1.66. The van der Waals surface area contributed by atoms with Crippen LogP contribution >= 0.6 is 0 Å². The zero-order valence-corrected chi connectivity index (χ0v) is 9.15. The van der Waals surface area contributed by atoms with Crippen LogP contribution in [0, 0.1) is 12.8 Å². The van der Waals surface area contributed by atoms with Gasteiger partial charge in [-0.05, 0) is 19.1 Å². The van der Waals surface area contributed by atoms with Crippen molar-refractivity contribution in [3.63, 3.8) is 0 Å². The highest BCUT2D eigenvalue weighted by Gasteiger charge is 2.15. The number of hydrogen-bond acceptors (Lipinski definition) is 3. The molecule has 1 rings (SSSR count). The number of aromatic nitrogens is 1. The summed E-state index contributed by atoms with van der Waals surface area (Å²) in [5.74, 6) is -0.623. The number of carboxylic acids is 1. The van der Waals surface area contributed by atoms with Gasteiger partial charge in [-0.25, -0.2) is 0 Å². The molecule has 0 fully saturated rings. The van der Waals surface area contributed by atoms with Gasteiger partial charge in [0.15, 0.2) is 0 Å². The Kier molecular flexibility index (Phi) is 3.66.